The summed E-state index contributed by atoms with van der Waals surface area (Å²) in [6.45, 7) is 11.1. The lowest BCUT2D eigenvalue weighted by molar-refractivity contribution is 0.426. The van der Waals surface area contributed by atoms with Crippen molar-refractivity contribution in [3.8, 4) is 0 Å². The van der Waals surface area contributed by atoms with E-state index in [1.54, 1.807) is 0 Å². The summed E-state index contributed by atoms with van der Waals surface area (Å²) >= 11 is -0.978. The molecule has 2 atom stereocenters. The second-order valence-corrected chi connectivity index (χ2v) is 7.75. The summed E-state index contributed by atoms with van der Waals surface area (Å²) in [6.07, 6.45) is 3.06. The quantitative estimate of drug-likeness (QED) is 0.679. The first-order valence-electron chi connectivity index (χ1n) is 6.15. The fourth-order valence-electron chi connectivity index (χ4n) is 1.49. The summed E-state index contributed by atoms with van der Waals surface area (Å²) in [5.74, 6) is 0.618. The Morgan fingerprint density at radius 3 is 2.25 bits per heavy atom. The van der Waals surface area contributed by atoms with E-state index < -0.39 is 11.4 Å². The largest absolute Gasteiger partial charge is 0.598 e. The average molecular weight is 248 g/mol. The minimum Gasteiger partial charge on any atom is -0.598 e. The van der Waals surface area contributed by atoms with Crippen LogP contribution in [0.15, 0.2) is 0 Å². The molecule has 0 aromatic carbocycles. The number of hydrogen-bond donors (Lipinski definition) is 2. The van der Waals surface area contributed by atoms with Gasteiger partial charge in [-0.3, -0.25) is 0 Å². The average Bonchev–Trinajstić information content (AvgIpc) is 2.11. The summed E-state index contributed by atoms with van der Waals surface area (Å²) in [7, 11) is 0. The Kier molecular flexibility index (Phi) is 7.64. The van der Waals surface area contributed by atoms with Crippen molar-refractivity contribution in [2.45, 2.75) is 64.7 Å². The Balaban J connectivity index is 4.18. The molecule has 0 amide bonds. The van der Waals surface area contributed by atoms with Gasteiger partial charge >= 0.3 is 0 Å². The molecule has 0 heterocycles. The van der Waals surface area contributed by atoms with Gasteiger partial charge < -0.3 is 10.3 Å². The van der Waals surface area contributed by atoms with Gasteiger partial charge in [-0.1, -0.05) is 13.8 Å². The second-order valence-electron chi connectivity index (χ2n) is 5.76. The predicted molar refractivity (Wildman–Crippen MR) is 72.6 cm³/mol. The minimum absolute atomic E-state index is 0.196. The first kappa shape index (κ1) is 16.2. The molecule has 3 N–H and O–H groups in total. The van der Waals surface area contributed by atoms with Crippen molar-refractivity contribution >= 4 is 11.4 Å². The van der Waals surface area contributed by atoms with E-state index >= 15 is 0 Å². The van der Waals surface area contributed by atoms with Crippen molar-refractivity contribution in [3.63, 3.8) is 0 Å². The molecule has 0 aromatic heterocycles. The fraction of sp³-hybridized carbons (Fsp3) is 1.00. The molecule has 4 heteroatoms. The van der Waals surface area contributed by atoms with Crippen LogP contribution in [0.4, 0.5) is 0 Å². The maximum absolute atomic E-state index is 12.0. The molecule has 0 aromatic rings. The van der Waals surface area contributed by atoms with E-state index in [9.17, 15) is 4.55 Å². The first-order valence-corrected chi connectivity index (χ1v) is 7.30. The van der Waals surface area contributed by atoms with Crippen LogP contribution in [0.1, 0.15) is 53.9 Å². The topological polar surface area (TPSA) is 61.1 Å². The van der Waals surface area contributed by atoms with E-state index in [2.05, 4.69) is 18.6 Å². The van der Waals surface area contributed by atoms with Crippen molar-refractivity contribution in [1.29, 1.82) is 0 Å². The smallest absolute Gasteiger partial charge is 0.136 e. The maximum atomic E-state index is 12.0. The van der Waals surface area contributed by atoms with E-state index in [4.69, 9.17) is 5.73 Å². The highest BCUT2D eigenvalue weighted by Gasteiger charge is 2.29. The van der Waals surface area contributed by atoms with Gasteiger partial charge in [0.05, 0.1) is 6.04 Å². The molecule has 16 heavy (non-hydrogen) atoms. The van der Waals surface area contributed by atoms with Crippen molar-refractivity contribution in [2.24, 2.45) is 11.7 Å². The van der Waals surface area contributed by atoms with Crippen LogP contribution in [0.5, 0.6) is 0 Å². The number of rotatable bonds is 7. The molecule has 0 spiro atoms. The third-order valence-electron chi connectivity index (χ3n) is 2.34. The molecule has 1 unspecified atom stereocenters. The van der Waals surface area contributed by atoms with Crippen LogP contribution >= 0.6 is 0 Å². The molecule has 0 saturated heterocycles. The molecule has 0 aliphatic carbocycles. The molecular formula is C12H28N2OS. The molecule has 0 saturated carbocycles. The summed E-state index contributed by atoms with van der Waals surface area (Å²) < 4.78 is 15.0. The summed E-state index contributed by atoms with van der Waals surface area (Å²) in [5, 5.41) is 0. The highest BCUT2D eigenvalue weighted by atomic mass is 32.2. The van der Waals surface area contributed by atoms with Gasteiger partial charge in [0.1, 0.15) is 4.75 Å². The Morgan fingerprint density at radius 1 is 1.31 bits per heavy atom. The summed E-state index contributed by atoms with van der Waals surface area (Å²) in [5.41, 5.74) is 5.52. The van der Waals surface area contributed by atoms with Crippen LogP contribution in [-0.2, 0) is 11.4 Å². The van der Waals surface area contributed by atoms with Crippen molar-refractivity contribution < 1.29 is 4.55 Å². The van der Waals surface area contributed by atoms with Crippen LogP contribution in [0.3, 0.4) is 0 Å². The first-order chi connectivity index (χ1) is 7.27. The van der Waals surface area contributed by atoms with Gasteiger partial charge in [-0.05, 0) is 52.5 Å². The molecule has 0 bridgehead atoms. The Hall–Kier alpha value is 0.230. The zero-order valence-electron chi connectivity index (χ0n) is 11.4. The minimum atomic E-state index is -0.978. The summed E-state index contributed by atoms with van der Waals surface area (Å²) in [4.78, 5) is 0. The summed E-state index contributed by atoms with van der Waals surface area (Å²) in [6, 6.07) is 0.323. The SMILES string of the molecule is CC(C)C[C@H](CCCN)N[S+]([O-])C(C)(C)C. The number of nitrogens with two attached hydrogens (primary N) is 1. The predicted octanol–water partition coefficient (Wildman–Crippen LogP) is 2.19. The van der Waals surface area contributed by atoms with Crippen LogP contribution in [0.25, 0.3) is 0 Å². The van der Waals surface area contributed by atoms with Gasteiger partial charge in [-0.15, -0.1) is 4.72 Å². The maximum Gasteiger partial charge on any atom is 0.136 e. The fourth-order valence-corrected chi connectivity index (χ4v) is 2.36. The normalized spacial score (nSPS) is 16.5. The standard InChI is InChI=1S/C12H28N2OS/c1-10(2)9-11(7-6-8-13)14-16(15)12(3,4)5/h10-11,14H,6-9,13H2,1-5H3/t11-,16?/m0/s1. The lowest BCUT2D eigenvalue weighted by atomic mass is 10.0. The van der Waals surface area contributed by atoms with Gasteiger partial charge in [0, 0.05) is 11.4 Å². The number of nitrogens with one attached hydrogen (secondary N) is 1. The molecule has 0 fully saturated rings. The van der Waals surface area contributed by atoms with E-state index in [0.29, 0.717) is 18.5 Å². The molecule has 0 radical (unpaired) electrons. The Morgan fingerprint density at radius 2 is 1.88 bits per heavy atom. The third kappa shape index (κ3) is 7.49. The highest BCUT2D eigenvalue weighted by molar-refractivity contribution is 7.90. The van der Waals surface area contributed by atoms with Gasteiger partial charge in [0.25, 0.3) is 0 Å². The zero-order chi connectivity index (χ0) is 12.8. The van der Waals surface area contributed by atoms with Gasteiger partial charge in [0.15, 0.2) is 0 Å². The van der Waals surface area contributed by atoms with E-state index in [-0.39, 0.29) is 4.75 Å². The monoisotopic (exact) mass is 248 g/mol. The van der Waals surface area contributed by atoms with Crippen molar-refractivity contribution in [2.75, 3.05) is 6.54 Å². The highest BCUT2D eigenvalue weighted by Crippen LogP contribution is 2.17. The second kappa shape index (κ2) is 7.54. The van der Waals surface area contributed by atoms with E-state index in [0.717, 1.165) is 19.3 Å². The molecule has 0 aliphatic heterocycles. The Labute approximate surface area is 104 Å². The third-order valence-corrected chi connectivity index (χ3v) is 4.00. The van der Waals surface area contributed by atoms with Crippen molar-refractivity contribution in [1.82, 2.24) is 4.72 Å². The molecular weight excluding hydrogens is 220 g/mol. The van der Waals surface area contributed by atoms with Gasteiger partial charge in [-0.2, -0.15) is 0 Å². The van der Waals surface area contributed by atoms with Gasteiger partial charge in [0.2, 0.25) is 0 Å². The van der Waals surface area contributed by atoms with Crippen LogP contribution in [0.2, 0.25) is 0 Å². The van der Waals surface area contributed by atoms with E-state index in [1.807, 2.05) is 20.8 Å². The lowest BCUT2D eigenvalue weighted by Crippen LogP contribution is -2.45. The number of hydrogen-bond acceptors (Lipinski definition) is 3. The molecule has 3 nitrogen and oxygen atoms in total. The van der Waals surface area contributed by atoms with Crippen LogP contribution < -0.4 is 10.5 Å². The van der Waals surface area contributed by atoms with Crippen molar-refractivity contribution in [3.05, 3.63) is 0 Å². The molecule has 0 aliphatic rings. The van der Waals surface area contributed by atoms with Gasteiger partial charge in [-0.25, -0.2) is 0 Å². The van der Waals surface area contributed by atoms with Crippen LogP contribution in [-0.4, -0.2) is 21.9 Å². The lowest BCUT2D eigenvalue weighted by Gasteiger charge is -2.28. The Bertz CT molecular complexity index is 180. The van der Waals surface area contributed by atoms with E-state index in [1.165, 1.54) is 0 Å². The van der Waals surface area contributed by atoms with Crippen LogP contribution in [0, 0.1) is 5.92 Å². The molecule has 98 valence electrons. The molecule has 0 rings (SSSR count). The zero-order valence-corrected chi connectivity index (χ0v) is 12.2.